The Morgan fingerprint density at radius 3 is 2.63 bits per heavy atom. The molecule has 9 nitrogen and oxygen atoms in total. The monoisotopic (exact) mass is 403 g/mol. The van der Waals surface area contributed by atoms with Gasteiger partial charge in [0.1, 0.15) is 11.3 Å². The van der Waals surface area contributed by atoms with E-state index >= 15 is 0 Å². The number of pyridine rings is 1. The molecule has 1 aliphatic heterocycles. The van der Waals surface area contributed by atoms with Crippen LogP contribution >= 0.6 is 0 Å². The van der Waals surface area contributed by atoms with Crippen LogP contribution in [0.1, 0.15) is 30.3 Å². The third kappa shape index (κ3) is 3.11. The molecule has 0 atom stereocenters. The largest absolute Gasteiger partial charge is 0.382 e. The van der Waals surface area contributed by atoms with E-state index in [0.29, 0.717) is 23.3 Å². The van der Waals surface area contributed by atoms with Crippen molar-refractivity contribution in [1.82, 2.24) is 39.0 Å². The molecule has 0 amide bonds. The normalized spacial score (nSPS) is 15.8. The van der Waals surface area contributed by atoms with Crippen LogP contribution in [0.5, 0.6) is 0 Å². The first-order valence-electron chi connectivity index (χ1n) is 10.2. The van der Waals surface area contributed by atoms with Crippen LogP contribution in [0.4, 0.5) is 5.82 Å². The van der Waals surface area contributed by atoms with Gasteiger partial charge in [-0.3, -0.25) is 4.40 Å². The summed E-state index contributed by atoms with van der Waals surface area (Å²) in [6, 6.07) is 5.89. The molecule has 4 aromatic heterocycles. The molecule has 1 aliphatic rings. The summed E-state index contributed by atoms with van der Waals surface area (Å²) in [6.45, 7) is 4.03. The van der Waals surface area contributed by atoms with Crippen molar-refractivity contribution in [2.75, 3.05) is 25.9 Å². The molecule has 5 heterocycles. The van der Waals surface area contributed by atoms with Crippen LogP contribution in [0.15, 0.2) is 30.6 Å². The van der Waals surface area contributed by atoms with Crippen LogP contribution < -0.4 is 5.73 Å². The molecule has 0 unspecified atom stereocenters. The van der Waals surface area contributed by atoms with Crippen LogP contribution in [0.25, 0.3) is 28.6 Å². The average Bonchev–Trinajstić information content (AvgIpc) is 3.33. The second-order valence-corrected chi connectivity index (χ2v) is 7.96. The number of fused-ring (bicyclic) bond motifs is 1. The van der Waals surface area contributed by atoms with E-state index in [9.17, 15) is 0 Å². The van der Waals surface area contributed by atoms with E-state index in [-0.39, 0.29) is 0 Å². The van der Waals surface area contributed by atoms with Gasteiger partial charge in [-0.2, -0.15) is 5.10 Å². The first-order valence-corrected chi connectivity index (χ1v) is 10.2. The Labute approximate surface area is 174 Å². The summed E-state index contributed by atoms with van der Waals surface area (Å²) >= 11 is 0. The predicted molar refractivity (Wildman–Crippen MR) is 115 cm³/mol. The molecule has 4 aromatic rings. The van der Waals surface area contributed by atoms with Gasteiger partial charge in [-0.05, 0) is 52.0 Å². The Hall–Kier alpha value is -3.33. The number of rotatable bonds is 3. The van der Waals surface area contributed by atoms with Crippen molar-refractivity contribution in [3.8, 4) is 22.9 Å². The fraction of sp³-hybridized carbons (Fsp3) is 0.381. The Kier molecular flexibility index (Phi) is 4.47. The van der Waals surface area contributed by atoms with Gasteiger partial charge < -0.3 is 10.6 Å². The maximum absolute atomic E-state index is 6.28. The summed E-state index contributed by atoms with van der Waals surface area (Å²) in [5.41, 5.74) is 10.0. The molecule has 30 heavy (non-hydrogen) atoms. The highest BCUT2D eigenvalue weighted by atomic mass is 15.3. The van der Waals surface area contributed by atoms with Crippen molar-refractivity contribution in [2.45, 2.75) is 25.7 Å². The van der Waals surface area contributed by atoms with E-state index in [2.05, 4.69) is 27.0 Å². The van der Waals surface area contributed by atoms with Crippen molar-refractivity contribution < 1.29 is 0 Å². The van der Waals surface area contributed by atoms with E-state index in [0.717, 1.165) is 54.5 Å². The lowest BCUT2D eigenvalue weighted by Crippen LogP contribution is -2.29. The number of imidazole rings is 1. The number of nitrogens with two attached hydrogens (primary N) is 1. The molecule has 0 aliphatic carbocycles. The lowest BCUT2D eigenvalue weighted by Gasteiger charge is -2.27. The van der Waals surface area contributed by atoms with Gasteiger partial charge in [-0.1, -0.05) is 6.07 Å². The molecule has 5 rings (SSSR count). The highest BCUT2D eigenvalue weighted by molar-refractivity contribution is 5.71. The van der Waals surface area contributed by atoms with Gasteiger partial charge in [0, 0.05) is 19.2 Å². The zero-order chi connectivity index (χ0) is 20.8. The number of anilines is 1. The number of aromatic nitrogens is 7. The zero-order valence-electron chi connectivity index (χ0n) is 17.4. The third-order valence-electron chi connectivity index (χ3n) is 5.83. The smallest absolute Gasteiger partial charge is 0.180 e. The molecule has 1 saturated heterocycles. The number of likely N-dealkylation sites (tertiary alicyclic amines) is 1. The minimum absolute atomic E-state index is 0.357. The van der Waals surface area contributed by atoms with Crippen LogP contribution in [-0.4, -0.2) is 59.2 Å². The van der Waals surface area contributed by atoms with Crippen LogP contribution in [-0.2, 0) is 7.05 Å². The van der Waals surface area contributed by atoms with Gasteiger partial charge in [-0.15, -0.1) is 0 Å². The maximum Gasteiger partial charge on any atom is 0.180 e. The Morgan fingerprint density at radius 2 is 1.83 bits per heavy atom. The molecule has 0 bridgehead atoms. The van der Waals surface area contributed by atoms with Crippen molar-refractivity contribution >= 4 is 11.5 Å². The van der Waals surface area contributed by atoms with Crippen molar-refractivity contribution in [3.05, 3.63) is 42.1 Å². The maximum atomic E-state index is 6.28. The topological polar surface area (TPSA) is 103 Å². The van der Waals surface area contributed by atoms with Crippen LogP contribution in [0, 0.1) is 6.92 Å². The van der Waals surface area contributed by atoms with Gasteiger partial charge in [0.15, 0.2) is 23.2 Å². The van der Waals surface area contributed by atoms with Gasteiger partial charge >= 0.3 is 0 Å². The second-order valence-electron chi connectivity index (χ2n) is 7.96. The van der Waals surface area contributed by atoms with Crippen molar-refractivity contribution in [3.63, 3.8) is 0 Å². The summed E-state index contributed by atoms with van der Waals surface area (Å²) in [4.78, 5) is 21.1. The summed E-state index contributed by atoms with van der Waals surface area (Å²) in [6.07, 6.45) is 5.90. The zero-order valence-corrected chi connectivity index (χ0v) is 17.4. The average molecular weight is 403 g/mol. The van der Waals surface area contributed by atoms with Crippen molar-refractivity contribution in [2.24, 2.45) is 7.05 Å². The van der Waals surface area contributed by atoms with Crippen LogP contribution in [0.3, 0.4) is 0 Å². The molecule has 0 spiro atoms. The SMILES string of the molecule is Cc1nc(N)c(-c2nc(C3CCN(C)CC3)nn2C)nc1-c1cnc2ccccn12. The van der Waals surface area contributed by atoms with E-state index < -0.39 is 0 Å². The Bertz CT molecular complexity index is 1210. The summed E-state index contributed by atoms with van der Waals surface area (Å²) in [5, 5.41) is 4.69. The number of piperidine rings is 1. The lowest BCUT2D eigenvalue weighted by atomic mass is 9.97. The first kappa shape index (κ1) is 18.7. The molecule has 0 radical (unpaired) electrons. The molecular weight excluding hydrogens is 378 g/mol. The highest BCUT2D eigenvalue weighted by Gasteiger charge is 2.25. The molecule has 1 fully saturated rings. The number of nitrogens with zero attached hydrogens (tertiary/aromatic N) is 8. The molecular formula is C21H25N9. The Balaban J connectivity index is 1.58. The summed E-state index contributed by atoms with van der Waals surface area (Å²) in [7, 11) is 4.04. The fourth-order valence-corrected chi connectivity index (χ4v) is 4.10. The minimum atomic E-state index is 0.357. The molecule has 154 valence electrons. The van der Waals surface area contributed by atoms with E-state index in [1.54, 1.807) is 4.68 Å². The highest BCUT2D eigenvalue weighted by Crippen LogP contribution is 2.30. The quantitative estimate of drug-likeness (QED) is 0.560. The first-order chi connectivity index (χ1) is 14.5. The van der Waals surface area contributed by atoms with E-state index in [1.807, 2.05) is 49.0 Å². The van der Waals surface area contributed by atoms with Gasteiger partial charge in [0.2, 0.25) is 0 Å². The lowest BCUT2D eigenvalue weighted by molar-refractivity contribution is 0.251. The second kappa shape index (κ2) is 7.17. The molecule has 2 N–H and O–H groups in total. The van der Waals surface area contributed by atoms with Gasteiger partial charge in [0.05, 0.1) is 17.6 Å². The Morgan fingerprint density at radius 1 is 1.03 bits per heavy atom. The van der Waals surface area contributed by atoms with Gasteiger partial charge in [-0.25, -0.2) is 24.6 Å². The van der Waals surface area contributed by atoms with Gasteiger partial charge in [0.25, 0.3) is 0 Å². The fourth-order valence-electron chi connectivity index (χ4n) is 4.10. The van der Waals surface area contributed by atoms with Crippen LogP contribution in [0.2, 0.25) is 0 Å². The molecule has 0 aromatic carbocycles. The molecule has 9 heteroatoms. The van der Waals surface area contributed by atoms with Crippen molar-refractivity contribution in [1.29, 1.82) is 0 Å². The van der Waals surface area contributed by atoms with E-state index in [1.165, 1.54) is 0 Å². The number of hydrogen-bond acceptors (Lipinski definition) is 7. The summed E-state index contributed by atoms with van der Waals surface area (Å²) in [5.74, 6) is 2.22. The predicted octanol–water partition coefficient (Wildman–Crippen LogP) is 2.29. The molecule has 0 saturated carbocycles. The summed E-state index contributed by atoms with van der Waals surface area (Å²) < 4.78 is 3.76. The number of nitrogen functional groups attached to an aromatic ring is 1. The van der Waals surface area contributed by atoms with E-state index in [4.69, 9.17) is 15.7 Å². The number of hydrogen-bond donors (Lipinski definition) is 1. The number of aryl methyl sites for hydroxylation is 2. The minimum Gasteiger partial charge on any atom is -0.382 e. The standard InChI is InChI=1S/C21H25N9/c1-13-17(15-12-23-16-6-4-5-9-30(15)16)25-18(19(22)24-13)21-26-20(27-29(21)3)14-7-10-28(2)11-8-14/h4-6,9,12,14H,7-8,10-11H2,1-3H3,(H2,22,24). The third-order valence-corrected chi connectivity index (χ3v) is 5.83.